The van der Waals surface area contributed by atoms with E-state index in [-0.39, 0.29) is 12.8 Å². The lowest BCUT2D eigenvalue weighted by atomic mass is 9.94. The van der Waals surface area contributed by atoms with E-state index in [1.54, 1.807) is 33.8 Å². The number of ether oxygens (including phenoxy) is 3. The summed E-state index contributed by atoms with van der Waals surface area (Å²) in [6.07, 6.45) is 1.05. The highest BCUT2D eigenvalue weighted by atomic mass is 16.6. The smallest absolute Gasteiger partial charge is 0.408 e. The van der Waals surface area contributed by atoms with Gasteiger partial charge in [-0.15, -0.1) is 6.58 Å². The summed E-state index contributed by atoms with van der Waals surface area (Å²) in [5, 5.41) is 5.54. The topological polar surface area (TPSA) is 103 Å². The number of rotatable bonds is 12. The number of aryl methyl sites for hydroxylation is 1. The Bertz CT molecular complexity index is 1200. The molecule has 2 N–H and O–H groups in total. The van der Waals surface area contributed by atoms with Crippen LogP contribution in [0.2, 0.25) is 0 Å². The maximum atomic E-state index is 13.4. The molecule has 2 amide bonds. The Morgan fingerprint density at radius 3 is 2.36 bits per heavy atom. The highest BCUT2D eigenvalue weighted by Crippen LogP contribution is 2.35. The number of hydrogen-bond acceptors (Lipinski definition) is 6. The Morgan fingerprint density at radius 2 is 1.74 bits per heavy atom. The first-order valence-electron chi connectivity index (χ1n) is 12.8. The number of methoxy groups -OCH3 is 1. The third-order valence-corrected chi connectivity index (χ3v) is 5.64. The van der Waals surface area contributed by atoms with Gasteiger partial charge >= 0.3 is 12.1 Å². The summed E-state index contributed by atoms with van der Waals surface area (Å²) in [6.45, 7) is 16.9. The SMILES string of the molecule is C=CCOc1cccc(C)c1-c1cccc([C@H](CC(=O)OC)NC(=O)[C@H](CC(=C)C)NC(=O)OC(C)(C)C)c1. The lowest BCUT2D eigenvalue weighted by Gasteiger charge is -2.26. The van der Waals surface area contributed by atoms with Gasteiger partial charge in [0.15, 0.2) is 0 Å². The minimum Gasteiger partial charge on any atom is -0.489 e. The van der Waals surface area contributed by atoms with Crippen LogP contribution in [0.15, 0.2) is 67.3 Å². The van der Waals surface area contributed by atoms with E-state index in [9.17, 15) is 14.4 Å². The fourth-order valence-electron chi connectivity index (χ4n) is 3.97. The zero-order chi connectivity index (χ0) is 29.2. The third-order valence-electron chi connectivity index (χ3n) is 5.64. The van der Waals surface area contributed by atoms with E-state index in [0.29, 0.717) is 23.5 Å². The Morgan fingerprint density at radius 1 is 1.05 bits per heavy atom. The van der Waals surface area contributed by atoms with Crippen molar-refractivity contribution in [3.63, 3.8) is 0 Å². The first-order chi connectivity index (χ1) is 18.3. The molecule has 0 aromatic heterocycles. The summed E-state index contributed by atoms with van der Waals surface area (Å²) in [5.74, 6) is -0.272. The fourth-order valence-corrected chi connectivity index (χ4v) is 3.97. The summed E-state index contributed by atoms with van der Waals surface area (Å²) in [7, 11) is 1.29. The maximum absolute atomic E-state index is 13.4. The van der Waals surface area contributed by atoms with E-state index in [0.717, 1.165) is 16.7 Å². The monoisotopic (exact) mass is 536 g/mol. The maximum Gasteiger partial charge on any atom is 0.408 e. The lowest BCUT2D eigenvalue weighted by molar-refractivity contribution is -0.141. The van der Waals surface area contributed by atoms with Crippen molar-refractivity contribution in [2.45, 2.75) is 65.1 Å². The van der Waals surface area contributed by atoms with Crippen molar-refractivity contribution >= 4 is 18.0 Å². The summed E-state index contributed by atoms with van der Waals surface area (Å²) in [6, 6.07) is 11.7. The molecule has 210 valence electrons. The zero-order valence-corrected chi connectivity index (χ0v) is 23.8. The molecule has 0 saturated heterocycles. The van der Waals surface area contributed by atoms with Crippen LogP contribution in [0.3, 0.4) is 0 Å². The van der Waals surface area contributed by atoms with Gasteiger partial charge in [0.25, 0.3) is 0 Å². The van der Waals surface area contributed by atoms with Crippen molar-refractivity contribution in [1.29, 1.82) is 0 Å². The number of nitrogens with one attached hydrogen (secondary N) is 2. The number of amides is 2. The molecule has 0 aliphatic heterocycles. The van der Waals surface area contributed by atoms with Gasteiger partial charge in [0.1, 0.15) is 24.0 Å². The largest absolute Gasteiger partial charge is 0.489 e. The van der Waals surface area contributed by atoms with Crippen LogP contribution in [0.5, 0.6) is 5.75 Å². The number of benzene rings is 2. The summed E-state index contributed by atoms with van der Waals surface area (Å²) in [5.41, 5.74) is 3.42. The van der Waals surface area contributed by atoms with Crippen molar-refractivity contribution in [3.8, 4) is 16.9 Å². The van der Waals surface area contributed by atoms with E-state index < -0.39 is 35.7 Å². The molecule has 0 spiro atoms. The molecular weight excluding hydrogens is 496 g/mol. The van der Waals surface area contributed by atoms with Crippen molar-refractivity contribution < 1.29 is 28.6 Å². The Balaban J connectivity index is 2.42. The van der Waals surface area contributed by atoms with Crippen molar-refractivity contribution in [2.24, 2.45) is 0 Å². The number of alkyl carbamates (subject to hydrolysis) is 1. The highest BCUT2D eigenvalue weighted by Gasteiger charge is 2.28. The van der Waals surface area contributed by atoms with E-state index in [2.05, 4.69) is 23.8 Å². The van der Waals surface area contributed by atoms with Crippen LogP contribution in [0.1, 0.15) is 57.7 Å². The lowest BCUT2D eigenvalue weighted by Crippen LogP contribution is -2.49. The van der Waals surface area contributed by atoms with Gasteiger partial charge in [-0.25, -0.2) is 4.79 Å². The number of carbonyl (C=O) groups is 3. The molecule has 2 aromatic carbocycles. The van der Waals surface area contributed by atoms with Crippen LogP contribution < -0.4 is 15.4 Å². The molecule has 0 bridgehead atoms. The molecule has 0 heterocycles. The average Bonchev–Trinajstić information content (AvgIpc) is 2.85. The number of esters is 1. The molecule has 2 aromatic rings. The second-order valence-corrected chi connectivity index (χ2v) is 10.4. The Hall–Kier alpha value is -4.07. The molecule has 0 saturated carbocycles. The highest BCUT2D eigenvalue weighted by molar-refractivity contribution is 5.87. The van der Waals surface area contributed by atoms with E-state index in [4.69, 9.17) is 14.2 Å². The molecule has 8 heteroatoms. The first kappa shape index (κ1) is 31.1. The van der Waals surface area contributed by atoms with E-state index in [1.165, 1.54) is 7.11 Å². The second-order valence-electron chi connectivity index (χ2n) is 10.4. The standard InChI is InChI=1S/C31H40N2O6/c1-9-16-38-26-15-10-12-21(4)28(26)23-14-11-13-22(18-23)24(19-27(34)37-8)32-29(35)25(17-20(2)3)33-30(36)39-31(5,6)7/h9-15,18,24-25H,1-2,16-17,19H2,3-8H3,(H,32,35)(H,33,36)/t24-,25-/m0/s1. The second kappa shape index (κ2) is 14.2. The first-order valence-corrected chi connectivity index (χ1v) is 12.8. The molecule has 39 heavy (non-hydrogen) atoms. The molecular formula is C31H40N2O6. The predicted molar refractivity (Wildman–Crippen MR) is 152 cm³/mol. The average molecular weight is 537 g/mol. The molecule has 0 radical (unpaired) electrons. The molecule has 0 fully saturated rings. The minimum atomic E-state index is -0.948. The molecule has 8 nitrogen and oxygen atoms in total. The van der Waals surface area contributed by atoms with Gasteiger partial charge < -0.3 is 24.8 Å². The van der Waals surface area contributed by atoms with Gasteiger partial charge in [-0.1, -0.05) is 48.6 Å². The molecule has 2 rings (SSSR count). The van der Waals surface area contributed by atoms with Crippen LogP contribution in [0, 0.1) is 6.92 Å². The van der Waals surface area contributed by atoms with Gasteiger partial charge in [0.2, 0.25) is 5.91 Å². The van der Waals surface area contributed by atoms with E-state index >= 15 is 0 Å². The predicted octanol–water partition coefficient (Wildman–Crippen LogP) is 5.81. The quantitative estimate of drug-likeness (QED) is 0.262. The fraction of sp³-hybridized carbons (Fsp3) is 0.387. The summed E-state index contributed by atoms with van der Waals surface area (Å²) < 4.78 is 16.1. The van der Waals surface area contributed by atoms with Crippen LogP contribution in [0.25, 0.3) is 11.1 Å². The molecule has 0 unspecified atom stereocenters. The van der Waals surface area contributed by atoms with Crippen LogP contribution in [-0.4, -0.2) is 43.3 Å². The van der Waals surface area contributed by atoms with Crippen LogP contribution in [-0.2, 0) is 19.1 Å². The van der Waals surface area contributed by atoms with Gasteiger partial charge in [-0.2, -0.15) is 0 Å². The van der Waals surface area contributed by atoms with Gasteiger partial charge in [-0.05, 0) is 69.9 Å². The zero-order valence-electron chi connectivity index (χ0n) is 23.8. The Kier molecular flexibility index (Phi) is 11.3. The summed E-state index contributed by atoms with van der Waals surface area (Å²) in [4.78, 5) is 38.2. The molecule has 0 aliphatic rings. The Labute approximate surface area is 231 Å². The summed E-state index contributed by atoms with van der Waals surface area (Å²) >= 11 is 0. The number of carbonyl (C=O) groups excluding carboxylic acids is 3. The van der Waals surface area contributed by atoms with E-state index in [1.807, 2.05) is 49.4 Å². The number of hydrogen-bond donors (Lipinski definition) is 2. The van der Waals surface area contributed by atoms with Crippen molar-refractivity contribution in [2.75, 3.05) is 13.7 Å². The van der Waals surface area contributed by atoms with Crippen LogP contribution in [0.4, 0.5) is 4.79 Å². The van der Waals surface area contributed by atoms with Gasteiger partial charge in [0, 0.05) is 5.56 Å². The van der Waals surface area contributed by atoms with Crippen LogP contribution >= 0.6 is 0 Å². The van der Waals surface area contributed by atoms with Crippen molar-refractivity contribution in [1.82, 2.24) is 10.6 Å². The normalized spacial score (nSPS) is 12.5. The molecule has 0 aliphatic carbocycles. The minimum absolute atomic E-state index is 0.106. The molecule has 2 atom stereocenters. The van der Waals surface area contributed by atoms with Gasteiger partial charge in [0.05, 0.1) is 19.6 Å². The van der Waals surface area contributed by atoms with Gasteiger partial charge in [-0.3, -0.25) is 9.59 Å². The van der Waals surface area contributed by atoms with Crippen molar-refractivity contribution in [3.05, 3.63) is 78.4 Å². The third kappa shape index (κ3) is 9.96.